The van der Waals surface area contributed by atoms with Gasteiger partial charge in [0, 0.05) is 15.8 Å². The lowest BCUT2D eigenvalue weighted by Gasteiger charge is -2.24. The van der Waals surface area contributed by atoms with Gasteiger partial charge in [-0.25, -0.2) is 4.98 Å². The molecule has 2 aromatic carbocycles. The Labute approximate surface area is 129 Å². The highest BCUT2D eigenvalue weighted by Crippen LogP contribution is 2.37. The zero-order valence-electron chi connectivity index (χ0n) is 12.7. The number of hydrogen-bond donors (Lipinski definition) is 0. The maximum Gasteiger partial charge on any atom is 0.119 e. The molecule has 0 bridgehead atoms. The van der Waals surface area contributed by atoms with Crippen LogP contribution in [0.15, 0.2) is 36.4 Å². The quantitative estimate of drug-likeness (QED) is 0.565. The molecule has 0 atom stereocenters. The molecule has 3 heteroatoms. The van der Waals surface area contributed by atoms with E-state index >= 15 is 0 Å². The van der Waals surface area contributed by atoms with Crippen molar-refractivity contribution in [3.8, 4) is 5.75 Å². The minimum Gasteiger partial charge on any atom is -0.497 e. The summed E-state index contributed by atoms with van der Waals surface area (Å²) >= 11 is 6.12. The number of ether oxygens (including phenoxy) is 1. The SMILES string of the molecule is COc1ccc2nc3cc(Cl)ccc3c(C(C)(C)C)c2c1. The van der Waals surface area contributed by atoms with Crippen molar-refractivity contribution in [2.24, 2.45) is 0 Å². The average Bonchev–Trinajstić information content (AvgIpc) is 2.42. The summed E-state index contributed by atoms with van der Waals surface area (Å²) in [6, 6.07) is 11.9. The van der Waals surface area contributed by atoms with Gasteiger partial charge in [0.05, 0.1) is 18.1 Å². The summed E-state index contributed by atoms with van der Waals surface area (Å²) in [4.78, 5) is 4.75. The zero-order chi connectivity index (χ0) is 15.2. The number of aromatic nitrogens is 1. The summed E-state index contributed by atoms with van der Waals surface area (Å²) < 4.78 is 5.37. The number of methoxy groups -OCH3 is 1. The van der Waals surface area contributed by atoms with Crippen molar-refractivity contribution in [3.63, 3.8) is 0 Å². The van der Waals surface area contributed by atoms with Gasteiger partial charge in [0.1, 0.15) is 5.75 Å². The van der Waals surface area contributed by atoms with Gasteiger partial charge in [-0.3, -0.25) is 0 Å². The summed E-state index contributed by atoms with van der Waals surface area (Å²) in [5.41, 5.74) is 3.18. The third-order valence-corrected chi connectivity index (χ3v) is 3.93. The summed E-state index contributed by atoms with van der Waals surface area (Å²) in [5.74, 6) is 0.850. The number of nitrogens with zero attached hydrogens (tertiary/aromatic N) is 1. The molecule has 0 amide bonds. The number of fused-ring (bicyclic) bond motifs is 2. The van der Waals surface area contributed by atoms with Gasteiger partial charge < -0.3 is 4.74 Å². The molecule has 0 spiro atoms. The van der Waals surface area contributed by atoms with E-state index in [2.05, 4.69) is 32.9 Å². The number of hydrogen-bond acceptors (Lipinski definition) is 2. The Kier molecular flexibility index (Phi) is 3.29. The molecule has 21 heavy (non-hydrogen) atoms. The first-order chi connectivity index (χ1) is 9.90. The molecule has 0 fully saturated rings. The van der Waals surface area contributed by atoms with Gasteiger partial charge in [0.2, 0.25) is 0 Å². The summed E-state index contributed by atoms with van der Waals surface area (Å²) in [6.45, 7) is 6.65. The lowest BCUT2D eigenvalue weighted by molar-refractivity contribution is 0.415. The predicted molar refractivity (Wildman–Crippen MR) is 89.5 cm³/mol. The molecular formula is C18H18ClNO. The normalized spacial score (nSPS) is 12.0. The third kappa shape index (κ3) is 2.44. The van der Waals surface area contributed by atoms with Crippen LogP contribution >= 0.6 is 11.6 Å². The fourth-order valence-electron chi connectivity index (χ4n) is 2.83. The van der Waals surface area contributed by atoms with E-state index in [1.165, 1.54) is 5.56 Å². The lowest BCUT2D eigenvalue weighted by Crippen LogP contribution is -2.13. The summed E-state index contributed by atoms with van der Waals surface area (Å²) in [5, 5.41) is 2.99. The van der Waals surface area contributed by atoms with Gasteiger partial charge in [-0.05, 0) is 41.3 Å². The molecule has 0 radical (unpaired) electrons. The molecule has 3 aromatic rings. The van der Waals surface area contributed by atoms with Gasteiger partial charge in [0.15, 0.2) is 0 Å². The van der Waals surface area contributed by atoms with Crippen molar-refractivity contribution >= 4 is 33.4 Å². The van der Waals surface area contributed by atoms with E-state index in [0.717, 1.165) is 27.6 Å². The Morgan fingerprint density at radius 1 is 0.952 bits per heavy atom. The largest absolute Gasteiger partial charge is 0.497 e. The van der Waals surface area contributed by atoms with Crippen LogP contribution in [-0.2, 0) is 5.41 Å². The first kappa shape index (κ1) is 14.2. The second kappa shape index (κ2) is 4.88. The molecule has 0 aliphatic rings. The van der Waals surface area contributed by atoms with Crippen molar-refractivity contribution < 1.29 is 4.74 Å². The summed E-state index contributed by atoms with van der Waals surface area (Å²) in [6.07, 6.45) is 0. The van der Waals surface area contributed by atoms with Crippen LogP contribution < -0.4 is 4.74 Å². The van der Waals surface area contributed by atoms with Crippen LogP contribution in [0.5, 0.6) is 5.75 Å². The molecule has 0 aliphatic heterocycles. The Bertz CT molecular complexity index is 834. The highest BCUT2D eigenvalue weighted by atomic mass is 35.5. The van der Waals surface area contributed by atoms with Crippen molar-refractivity contribution in [2.45, 2.75) is 26.2 Å². The molecule has 3 rings (SSSR count). The van der Waals surface area contributed by atoms with Crippen molar-refractivity contribution in [2.75, 3.05) is 7.11 Å². The van der Waals surface area contributed by atoms with Crippen LogP contribution in [-0.4, -0.2) is 12.1 Å². The van der Waals surface area contributed by atoms with Gasteiger partial charge in [-0.2, -0.15) is 0 Å². The average molecular weight is 300 g/mol. The molecule has 0 saturated carbocycles. The molecule has 1 aromatic heterocycles. The molecule has 0 unspecified atom stereocenters. The second-order valence-corrected chi connectivity index (χ2v) is 6.72. The van der Waals surface area contributed by atoms with Crippen LogP contribution in [0, 0.1) is 0 Å². The predicted octanol–water partition coefficient (Wildman–Crippen LogP) is 5.35. The molecule has 0 saturated heterocycles. The van der Waals surface area contributed by atoms with Crippen LogP contribution in [0.25, 0.3) is 21.8 Å². The van der Waals surface area contributed by atoms with E-state index in [9.17, 15) is 0 Å². The topological polar surface area (TPSA) is 22.1 Å². The van der Waals surface area contributed by atoms with Gasteiger partial charge >= 0.3 is 0 Å². The van der Waals surface area contributed by atoms with Crippen LogP contribution in [0.1, 0.15) is 26.3 Å². The van der Waals surface area contributed by atoms with E-state index in [4.69, 9.17) is 21.3 Å². The Morgan fingerprint density at radius 3 is 2.38 bits per heavy atom. The van der Waals surface area contributed by atoms with E-state index in [0.29, 0.717) is 5.02 Å². The smallest absolute Gasteiger partial charge is 0.119 e. The number of rotatable bonds is 1. The Morgan fingerprint density at radius 2 is 1.71 bits per heavy atom. The highest BCUT2D eigenvalue weighted by Gasteiger charge is 2.21. The second-order valence-electron chi connectivity index (χ2n) is 6.28. The highest BCUT2D eigenvalue weighted by molar-refractivity contribution is 6.31. The van der Waals surface area contributed by atoms with Crippen molar-refractivity contribution in [1.82, 2.24) is 4.98 Å². The van der Waals surface area contributed by atoms with Crippen molar-refractivity contribution in [3.05, 3.63) is 47.0 Å². The van der Waals surface area contributed by atoms with Gasteiger partial charge in [-0.15, -0.1) is 0 Å². The molecular weight excluding hydrogens is 282 g/mol. The molecule has 108 valence electrons. The number of pyridine rings is 1. The van der Waals surface area contributed by atoms with E-state index in [1.807, 2.05) is 24.3 Å². The zero-order valence-corrected chi connectivity index (χ0v) is 13.5. The van der Waals surface area contributed by atoms with E-state index in [1.54, 1.807) is 7.11 Å². The van der Waals surface area contributed by atoms with Crippen LogP contribution in [0.3, 0.4) is 0 Å². The first-order valence-corrected chi connectivity index (χ1v) is 7.35. The first-order valence-electron chi connectivity index (χ1n) is 6.97. The fraction of sp³-hybridized carbons (Fsp3) is 0.278. The fourth-order valence-corrected chi connectivity index (χ4v) is 3.00. The molecule has 2 nitrogen and oxygen atoms in total. The van der Waals surface area contributed by atoms with Crippen LogP contribution in [0.2, 0.25) is 5.02 Å². The lowest BCUT2D eigenvalue weighted by atomic mass is 9.82. The minimum absolute atomic E-state index is 0.000363. The van der Waals surface area contributed by atoms with E-state index < -0.39 is 0 Å². The van der Waals surface area contributed by atoms with E-state index in [-0.39, 0.29) is 5.41 Å². The number of benzene rings is 2. The standard InChI is InChI=1S/C18H18ClNO/c1-18(2,3)17-13-7-5-11(19)9-16(13)20-15-8-6-12(21-4)10-14(15)17/h5-10H,1-4H3. The van der Waals surface area contributed by atoms with Crippen LogP contribution in [0.4, 0.5) is 0 Å². The molecule has 1 heterocycles. The Balaban J connectivity index is 2.52. The Hall–Kier alpha value is -1.80. The minimum atomic E-state index is -0.000363. The third-order valence-electron chi connectivity index (χ3n) is 3.69. The van der Waals surface area contributed by atoms with Crippen molar-refractivity contribution in [1.29, 1.82) is 0 Å². The summed E-state index contributed by atoms with van der Waals surface area (Å²) in [7, 11) is 1.69. The monoisotopic (exact) mass is 299 g/mol. The maximum absolute atomic E-state index is 6.12. The van der Waals surface area contributed by atoms with Gasteiger partial charge in [-0.1, -0.05) is 38.4 Å². The van der Waals surface area contributed by atoms with Gasteiger partial charge in [0.25, 0.3) is 0 Å². The molecule has 0 aliphatic carbocycles. The number of halogens is 1. The molecule has 0 N–H and O–H groups in total. The maximum atomic E-state index is 6.12.